The van der Waals surface area contributed by atoms with Crippen molar-refractivity contribution < 1.29 is 9.53 Å². The zero-order chi connectivity index (χ0) is 10.7. The Bertz CT molecular complexity index is 367. The monoisotopic (exact) mass is 225 g/mol. The lowest BCUT2D eigenvalue weighted by Gasteiger charge is -2.14. The first-order valence-corrected chi connectivity index (χ1v) is 5.27. The Morgan fingerprint density at radius 3 is 3.13 bits per heavy atom. The summed E-state index contributed by atoms with van der Waals surface area (Å²) >= 11 is 5.90. The highest BCUT2D eigenvalue weighted by atomic mass is 35.5. The molecule has 2 rings (SSSR count). The zero-order valence-electron chi connectivity index (χ0n) is 8.20. The molecule has 1 aliphatic rings. The van der Waals surface area contributed by atoms with E-state index in [0.717, 1.165) is 12.0 Å². The van der Waals surface area contributed by atoms with Crippen molar-refractivity contribution in [1.29, 1.82) is 0 Å². The van der Waals surface area contributed by atoms with Gasteiger partial charge in [0, 0.05) is 11.6 Å². The van der Waals surface area contributed by atoms with E-state index in [1.807, 2.05) is 24.3 Å². The van der Waals surface area contributed by atoms with Gasteiger partial charge < -0.3 is 10.1 Å². The molecule has 0 aromatic heterocycles. The Kier molecular flexibility index (Phi) is 3.23. The van der Waals surface area contributed by atoms with Gasteiger partial charge in [0.1, 0.15) is 6.61 Å². The fourth-order valence-corrected chi connectivity index (χ4v) is 1.82. The van der Waals surface area contributed by atoms with Gasteiger partial charge in [-0.1, -0.05) is 23.7 Å². The third-order valence-corrected chi connectivity index (χ3v) is 2.60. The molecule has 1 atom stereocenters. The Hall–Kier alpha value is -1.06. The molecule has 1 amide bonds. The number of rotatable bonds is 1. The molecule has 1 N–H and O–H groups in total. The van der Waals surface area contributed by atoms with Gasteiger partial charge in [-0.15, -0.1) is 0 Å². The second kappa shape index (κ2) is 4.64. The van der Waals surface area contributed by atoms with E-state index in [1.165, 1.54) is 0 Å². The van der Waals surface area contributed by atoms with Crippen molar-refractivity contribution in [3.05, 3.63) is 34.9 Å². The lowest BCUT2D eigenvalue weighted by atomic mass is 10.1. The second-order valence-corrected chi connectivity index (χ2v) is 3.93. The summed E-state index contributed by atoms with van der Waals surface area (Å²) in [7, 11) is 0. The van der Waals surface area contributed by atoms with Crippen LogP contribution in [0.25, 0.3) is 0 Å². The summed E-state index contributed by atoms with van der Waals surface area (Å²) in [5.41, 5.74) is 1.03. The topological polar surface area (TPSA) is 38.3 Å². The Morgan fingerprint density at radius 1 is 1.47 bits per heavy atom. The molecule has 1 aromatic carbocycles. The maximum atomic E-state index is 11.1. The number of ether oxygens (including phenoxy) is 1. The molecule has 1 heterocycles. The fraction of sp³-hybridized carbons (Fsp3) is 0.364. The number of hydrogen-bond acceptors (Lipinski definition) is 2. The standard InChI is InChI=1S/C11H12ClNO2/c12-9-3-1-2-8(6-9)10-4-5-13-11(14)7-15-10/h1-3,6,10H,4-5,7H2,(H,13,14). The third-order valence-electron chi connectivity index (χ3n) is 2.36. The van der Waals surface area contributed by atoms with Crippen LogP contribution >= 0.6 is 11.6 Å². The Morgan fingerprint density at radius 2 is 2.33 bits per heavy atom. The van der Waals surface area contributed by atoms with Crippen LogP contribution in [-0.4, -0.2) is 19.1 Å². The predicted molar refractivity (Wildman–Crippen MR) is 57.8 cm³/mol. The highest BCUT2D eigenvalue weighted by molar-refractivity contribution is 6.30. The van der Waals surface area contributed by atoms with E-state index in [4.69, 9.17) is 16.3 Å². The molecule has 0 saturated carbocycles. The number of amides is 1. The zero-order valence-corrected chi connectivity index (χ0v) is 8.96. The van der Waals surface area contributed by atoms with Gasteiger partial charge in [-0.25, -0.2) is 0 Å². The predicted octanol–water partition coefficient (Wildman–Crippen LogP) is 1.92. The van der Waals surface area contributed by atoms with Crippen LogP contribution in [0.1, 0.15) is 18.1 Å². The molecule has 3 nitrogen and oxygen atoms in total. The van der Waals surface area contributed by atoms with E-state index in [-0.39, 0.29) is 18.6 Å². The molecule has 80 valence electrons. The first-order valence-electron chi connectivity index (χ1n) is 4.89. The van der Waals surface area contributed by atoms with Crippen molar-refractivity contribution in [3.63, 3.8) is 0 Å². The van der Waals surface area contributed by atoms with Crippen LogP contribution in [0.5, 0.6) is 0 Å². The van der Waals surface area contributed by atoms with Crippen LogP contribution in [0.3, 0.4) is 0 Å². The smallest absolute Gasteiger partial charge is 0.246 e. The van der Waals surface area contributed by atoms with Gasteiger partial charge in [-0.05, 0) is 24.1 Å². The van der Waals surface area contributed by atoms with Crippen molar-refractivity contribution in [2.45, 2.75) is 12.5 Å². The van der Waals surface area contributed by atoms with Crippen LogP contribution in [0.15, 0.2) is 24.3 Å². The van der Waals surface area contributed by atoms with E-state index < -0.39 is 0 Å². The molecule has 0 spiro atoms. The minimum Gasteiger partial charge on any atom is -0.364 e. The molecule has 0 bridgehead atoms. The minimum absolute atomic E-state index is 0.0392. The number of benzene rings is 1. The molecule has 1 aromatic rings. The highest BCUT2D eigenvalue weighted by Crippen LogP contribution is 2.24. The van der Waals surface area contributed by atoms with E-state index in [0.29, 0.717) is 11.6 Å². The highest BCUT2D eigenvalue weighted by Gasteiger charge is 2.17. The maximum Gasteiger partial charge on any atom is 0.246 e. The summed E-state index contributed by atoms with van der Waals surface area (Å²) in [4.78, 5) is 11.1. The van der Waals surface area contributed by atoms with E-state index in [1.54, 1.807) is 0 Å². The van der Waals surface area contributed by atoms with Crippen molar-refractivity contribution in [2.75, 3.05) is 13.2 Å². The van der Waals surface area contributed by atoms with Crippen molar-refractivity contribution >= 4 is 17.5 Å². The summed E-state index contributed by atoms with van der Waals surface area (Å²) in [6.07, 6.45) is 0.745. The van der Waals surface area contributed by atoms with Gasteiger partial charge in [-0.2, -0.15) is 0 Å². The van der Waals surface area contributed by atoms with E-state index >= 15 is 0 Å². The first kappa shape index (κ1) is 10.5. The number of carbonyl (C=O) groups excluding carboxylic acids is 1. The van der Waals surface area contributed by atoms with E-state index in [9.17, 15) is 4.79 Å². The summed E-state index contributed by atoms with van der Waals surface area (Å²) in [5, 5.41) is 3.46. The third kappa shape index (κ3) is 2.70. The molecule has 0 aliphatic carbocycles. The molecule has 1 aliphatic heterocycles. The first-order chi connectivity index (χ1) is 7.25. The number of hydrogen-bond donors (Lipinski definition) is 1. The number of halogens is 1. The molecule has 0 radical (unpaired) electrons. The fourth-order valence-electron chi connectivity index (χ4n) is 1.62. The summed E-state index contributed by atoms with van der Waals surface area (Å²) in [6, 6.07) is 7.56. The number of carbonyl (C=O) groups is 1. The van der Waals surface area contributed by atoms with Gasteiger partial charge in [0.2, 0.25) is 5.91 Å². The molecular weight excluding hydrogens is 214 g/mol. The minimum atomic E-state index is -0.0560. The lowest BCUT2D eigenvalue weighted by Crippen LogP contribution is -2.24. The Labute approximate surface area is 93.4 Å². The SMILES string of the molecule is O=C1COC(c2cccc(Cl)c2)CCN1. The van der Waals surface area contributed by atoms with Gasteiger partial charge in [0.05, 0.1) is 6.10 Å². The van der Waals surface area contributed by atoms with Crippen LogP contribution in [0.4, 0.5) is 0 Å². The maximum absolute atomic E-state index is 11.1. The quantitative estimate of drug-likeness (QED) is 0.793. The average Bonchev–Trinajstić information content (AvgIpc) is 2.43. The molecule has 1 saturated heterocycles. The van der Waals surface area contributed by atoms with Gasteiger partial charge in [-0.3, -0.25) is 4.79 Å². The molecule has 15 heavy (non-hydrogen) atoms. The van der Waals surface area contributed by atoms with E-state index in [2.05, 4.69) is 5.32 Å². The van der Waals surface area contributed by atoms with Crippen LogP contribution in [0.2, 0.25) is 5.02 Å². The lowest BCUT2D eigenvalue weighted by molar-refractivity contribution is -0.125. The van der Waals surface area contributed by atoms with Gasteiger partial charge >= 0.3 is 0 Å². The molecule has 4 heteroatoms. The summed E-state index contributed by atoms with van der Waals surface area (Å²) in [6.45, 7) is 0.771. The van der Waals surface area contributed by atoms with Crippen LogP contribution in [-0.2, 0) is 9.53 Å². The molecular formula is C11H12ClNO2. The van der Waals surface area contributed by atoms with Gasteiger partial charge in [0.15, 0.2) is 0 Å². The van der Waals surface area contributed by atoms with Crippen molar-refractivity contribution in [1.82, 2.24) is 5.32 Å². The van der Waals surface area contributed by atoms with Crippen molar-refractivity contribution in [3.8, 4) is 0 Å². The number of nitrogens with one attached hydrogen (secondary N) is 1. The summed E-state index contributed by atoms with van der Waals surface area (Å²) < 4.78 is 5.49. The molecule has 1 fully saturated rings. The average molecular weight is 226 g/mol. The van der Waals surface area contributed by atoms with Gasteiger partial charge in [0.25, 0.3) is 0 Å². The normalized spacial score (nSPS) is 21.9. The molecule has 1 unspecified atom stereocenters. The van der Waals surface area contributed by atoms with Crippen LogP contribution < -0.4 is 5.32 Å². The second-order valence-electron chi connectivity index (χ2n) is 3.49. The summed E-state index contributed by atoms with van der Waals surface area (Å²) in [5.74, 6) is -0.0560. The van der Waals surface area contributed by atoms with Crippen LogP contribution in [0, 0.1) is 0 Å². The Balaban J connectivity index is 2.13. The van der Waals surface area contributed by atoms with Crippen molar-refractivity contribution in [2.24, 2.45) is 0 Å². The largest absolute Gasteiger partial charge is 0.364 e.